The monoisotopic (exact) mass is 393 g/mol. The molecule has 28 heavy (non-hydrogen) atoms. The Labute approximate surface area is 156 Å². The summed E-state index contributed by atoms with van der Waals surface area (Å²) >= 11 is 0. The number of carbonyl (C=O) groups excluding carboxylic acids is 1. The van der Waals surface area contributed by atoms with Crippen molar-refractivity contribution in [2.45, 2.75) is 25.2 Å². The molecule has 0 radical (unpaired) electrons. The van der Waals surface area contributed by atoms with Crippen LogP contribution in [0.15, 0.2) is 53.6 Å². The maximum absolute atomic E-state index is 13.2. The number of carbonyl (C=O) groups is 1. The first-order valence-electron chi connectivity index (χ1n) is 8.05. The van der Waals surface area contributed by atoms with Crippen LogP contribution in [-0.2, 0) is 5.72 Å². The molecule has 0 spiro atoms. The Hall–Kier alpha value is -3.27. The molecule has 1 amide bonds. The molecule has 146 valence electrons. The zero-order chi connectivity index (χ0) is 20.7. The van der Waals surface area contributed by atoms with Crippen LogP contribution in [0.2, 0.25) is 0 Å². The molecule has 1 N–H and O–H groups in total. The maximum Gasteiger partial charge on any atom is 0.431 e. The zero-order valence-corrected chi connectivity index (χ0v) is 14.5. The Balaban J connectivity index is 2.07. The summed E-state index contributed by atoms with van der Waals surface area (Å²) in [7, 11) is 0. The van der Waals surface area contributed by atoms with Gasteiger partial charge in [-0.3, -0.25) is 14.9 Å². The molecule has 0 fully saturated rings. The molecule has 2 aromatic rings. The molecule has 7 nitrogen and oxygen atoms in total. The van der Waals surface area contributed by atoms with Crippen molar-refractivity contribution in [2.24, 2.45) is 5.10 Å². The van der Waals surface area contributed by atoms with Gasteiger partial charge >= 0.3 is 6.18 Å². The minimum absolute atomic E-state index is 0.0486. The maximum atomic E-state index is 13.2. The molecule has 3 rings (SSSR count). The summed E-state index contributed by atoms with van der Waals surface area (Å²) in [6.45, 7) is 1.70. The van der Waals surface area contributed by atoms with Crippen LogP contribution >= 0.6 is 0 Å². The Bertz CT molecular complexity index is 973. The molecule has 0 aromatic heterocycles. The summed E-state index contributed by atoms with van der Waals surface area (Å²) in [5.74, 6) is -0.927. The Morgan fingerprint density at radius 2 is 1.89 bits per heavy atom. The zero-order valence-electron chi connectivity index (χ0n) is 14.5. The van der Waals surface area contributed by atoms with Crippen LogP contribution in [-0.4, -0.2) is 32.8 Å². The van der Waals surface area contributed by atoms with Crippen molar-refractivity contribution in [1.82, 2.24) is 5.01 Å². The highest BCUT2D eigenvalue weighted by Gasteiger charge is 2.53. The van der Waals surface area contributed by atoms with E-state index in [4.69, 9.17) is 0 Å². The number of hydrogen-bond donors (Lipinski definition) is 1. The number of non-ortho nitro benzene ring substituents is 1. The van der Waals surface area contributed by atoms with Gasteiger partial charge in [0, 0.05) is 23.3 Å². The van der Waals surface area contributed by atoms with Gasteiger partial charge in [0.1, 0.15) is 5.71 Å². The average molecular weight is 393 g/mol. The quantitative estimate of drug-likeness (QED) is 0.638. The average Bonchev–Trinajstić information content (AvgIpc) is 3.00. The summed E-state index contributed by atoms with van der Waals surface area (Å²) in [5.41, 5.74) is -3.44. The summed E-state index contributed by atoms with van der Waals surface area (Å²) in [6.07, 6.45) is -5.84. The van der Waals surface area contributed by atoms with Crippen molar-refractivity contribution in [3.05, 3.63) is 75.3 Å². The summed E-state index contributed by atoms with van der Waals surface area (Å²) in [6, 6.07) is 10.4. The lowest BCUT2D eigenvalue weighted by atomic mass is 9.96. The number of nitro groups is 1. The first kappa shape index (κ1) is 19.5. The molecule has 1 aliphatic heterocycles. The highest BCUT2D eigenvalue weighted by atomic mass is 19.4. The van der Waals surface area contributed by atoms with E-state index in [0.29, 0.717) is 10.6 Å². The number of nitro benzene ring substituents is 1. The molecule has 0 saturated heterocycles. The van der Waals surface area contributed by atoms with Crippen LogP contribution in [0.3, 0.4) is 0 Å². The minimum Gasteiger partial charge on any atom is -0.365 e. The van der Waals surface area contributed by atoms with Gasteiger partial charge in [-0.05, 0) is 31.2 Å². The van der Waals surface area contributed by atoms with E-state index in [1.807, 2.05) is 0 Å². The third-order valence-corrected chi connectivity index (χ3v) is 4.31. The lowest BCUT2D eigenvalue weighted by Crippen LogP contribution is -2.43. The van der Waals surface area contributed by atoms with Crippen molar-refractivity contribution >= 4 is 17.3 Å². The predicted octanol–water partition coefficient (Wildman–Crippen LogP) is 3.51. The van der Waals surface area contributed by atoms with Gasteiger partial charge in [-0.2, -0.15) is 23.3 Å². The molecule has 0 bridgehead atoms. The van der Waals surface area contributed by atoms with Crippen molar-refractivity contribution in [2.75, 3.05) is 0 Å². The van der Waals surface area contributed by atoms with E-state index in [1.165, 1.54) is 12.1 Å². The number of amides is 1. The number of hydrogen-bond acceptors (Lipinski definition) is 5. The summed E-state index contributed by atoms with van der Waals surface area (Å²) in [5, 5.41) is 25.5. The Morgan fingerprint density at radius 3 is 2.43 bits per heavy atom. The largest absolute Gasteiger partial charge is 0.431 e. The fourth-order valence-corrected chi connectivity index (χ4v) is 2.89. The van der Waals surface area contributed by atoms with Crippen molar-refractivity contribution < 1.29 is 28.0 Å². The predicted molar refractivity (Wildman–Crippen MR) is 92.4 cm³/mol. The van der Waals surface area contributed by atoms with Gasteiger partial charge in [0.25, 0.3) is 11.6 Å². The first-order valence-corrected chi connectivity index (χ1v) is 8.05. The van der Waals surface area contributed by atoms with Crippen molar-refractivity contribution in [3.63, 3.8) is 0 Å². The lowest BCUT2D eigenvalue weighted by molar-refractivity contribution is -0.384. The molecule has 0 aliphatic carbocycles. The Kier molecular flexibility index (Phi) is 4.67. The van der Waals surface area contributed by atoms with E-state index in [0.717, 1.165) is 24.3 Å². The molecule has 0 unspecified atom stereocenters. The second-order valence-electron chi connectivity index (χ2n) is 6.33. The van der Waals surface area contributed by atoms with E-state index in [-0.39, 0.29) is 16.8 Å². The van der Waals surface area contributed by atoms with Gasteiger partial charge in [-0.15, -0.1) is 0 Å². The van der Waals surface area contributed by atoms with E-state index in [2.05, 4.69) is 5.10 Å². The molecule has 1 aliphatic rings. The van der Waals surface area contributed by atoms with Crippen LogP contribution < -0.4 is 0 Å². The number of alkyl halides is 3. The minimum atomic E-state index is -4.85. The number of aliphatic hydroxyl groups is 1. The van der Waals surface area contributed by atoms with E-state index < -0.39 is 34.9 Å². The van der Waals surface area contributed by atoms with Crippen LogP contribution in [0.4, 0.5) is 18.9 Å². The third kappa shape index (κ3) is 3.46. The fourth-order valence-electron chi connectivity index (χ4n) is 2.89. The highest BCUT2D eigenvalue weighted by molar-refractivity contribution is 6.00. The molecule has 2 aromatic carbocycles. The fraction of sp³-hybridized carbons (Fsp3) is 0.222. The third-order valence-electron chi connectivity index (χ3n) is 4.31. The number of halogens is 3. The van der Waals surface area contributed by atoms with Gasteiger partial charge in [0.15, 0.2) is 5.72 Å². The van der Waals surface area contributed by atoms with Gasteiger partial charge < -0.3 is 5.11 Å². The number of aryl methyl sites for hydroxylation is 1. The number of nitrogens with zero attached hydrogens (tertiary/aromatic N) is 3. The molecule has 1 heterocycles. The molecule has 10 heteroatoms. The Morgan fingerprint density at radius 1 is 1.25 bits per heavy atom. The van der Waals surface area contributed by atoms with Gasteiger partial charge in [-0.1, -0.05) is 17.7 Å². The summed E-state index contributed by atoms with van der Waals surface area (Å²) < 4.78 is 39.7. The SMILES string of the molecule is Cc1cccc(C(=O)N2N=C(C(F)(F)F)C[C@]2(O)c2ccc([N+](=O)[O-])cc2)c1. The second kappa shape index (κ2) is 6.71. The van der Waals surface area contributed by atoms with Crippen LogP contribution in [0.25, 0.3) is 0 Å². The molecule has 0 saturated carbocycles. The number of hydrazone groups is 1. The van der Waals surface area contributed by atoms with Gasteiger partial charge in [0.2, 0.25) is 0 Å². The van der Waals surface area contributed by atoms with Crippen molar-refractivity contribution in [1.29, 1.82) is 0 Å². The smallest absolute Gasteiger partial charge is 0.365 e. The van der Waals surface area contributed by atoms with Gasteiger partial charge in [0.05, 0.1) is 11.3 Å². The molecular formula is C18H14F3N3O4. The summed E-state index contributed by atoms with van der Waals surface area (Å²) in [4.78, 5) is 22.9. The number of rotatable bonds is 3. The topological polar surface area (TPSA) is 96.0 Å². The van der Waals surface area contributed by atoms with Crippen LogP contribution in [0.1, 0.15) is 27.9 Å². The van der Waals surface area contributed by atoms with E-state index in [9.17, 15) is 33.2 Å². The molecular weight excluding hydrogens is 379 g/mol. The molecule has 1 atom stereocenters. The van der Waals surface area contributed by atoms with Gasteiger partial charge in [-0.25, -0.2) is 0 Å². The lowest BCUT2D eigenvalue weighted by Gasteiger charge is -2.31. The van der Waals surface area contributed by atoms with Crippen molar-refractivity contribution in [3.8, 4) is 0 Å². The number of benzene rings is 2. The standard InChI is InChI=1S/C18H14F3N3O4/c1-11-3-2-4-12(9-11)16(25)23-17(26,10-15(22-23)18(19,20)21)13-5-7-14(8-6-13)24(27)28/h2-9,26H,10H2,1H3/t17-/m0/s1. The van der Waals surface area contributed by atoms with Crippen LogP contribution in [0.5, 0.6) is 0 Å². The van der Waals surface area contributed by atoms with E-state index in [1.54, 1.807) is 19.1 Å². The normalized spacial score (nSPS) is 19.5. The first-order chi connectivity index (χ1) is 13.0. The highest BCUT2D eigenvalue weighted by Crippen LogP contribution is 2.40. The van der Waals surface area contributed by atoms with E-state index >= 15 is 0 Å². The van der Waals surface area contributed by atoms with Crippen LogP contribution in [0, 0.1) is 17.0 Å². The second-order valence-corrected chi connectivity index (χ2v) is 6.33.